The van der Waals surface area contributed by atoms with Gasteiger partial charge in [-0.15, -0.1) is 21.5 Å². The van der Waals surface area contributed by atoms with Gasteiger partial charge < -0.3 is 10.1 Å². The number of rotatable bonds is 5. The fourth-order valence-electron chi connectivity index (χ4n) is 3.84. The van der Waals surface area contributed by atoms with Crippen LogP contribution in [0.25, 0.3) is 15.9 Å². The summed E-state index contributed by atoms with van der Waals surface area (Å²) in [6.07, 6.45) is 5.03. The topological polar surface area (TPSA) is 111 Å². The zero-order chi connectivity index (χ0) is 22.4. The number of nitrogens with one attached hydrogen (secondary N) is 1. The molecule has 0 spiro atoms. The average Bonchev–Trinajstić information content (AvgIpc) is 3.45. The number of aromatic nitrogens is 5. The predicted octanol–water partition coefficient (Wildman–Crippen LogP) is 3.75. The molecule has 166 valence electrons. The van der Waals surface area contributed by atoms with Gasteiger partial charge in [0.15, 0.2) is 15.9 Å². The molecule has 0 aromatic carbocycles. The van der Waals surface area contributed by atoms with E-state index in [9.17, 15) is 9.59 Å². The molecule has 4 aromatic rings. The molecular weight excluding hydrogens is 468 g/mol. The lowest BCUT2D eigenvalue weighted by Gasteiger charge is -2.17. The Morgan fingerprint density at radius 1 is 1.34 bits per heavy atom. The molecule has 1 unspecified atom stereocenters. The summed E-state index contributed by atoms with van der Waals surface area (Å²) in [6.45, 7) is 3.99. The summed E-state index contributed by atoms with van der Waals surface area (Å²) in [5.41, 5.74) is 2.67. The SMILES string of the molecule is COC(=O)c1sc(NC(=O)CSc2nnc3c4c5c(sc4ncn23)CC(C)CC5)nc1C. The Hall–Kier alpha value is -2.57. The number of methoxy groups -OCH3 is 1. The van der Waals surface area contributed by atoms with E-state index in [4.69, 9.17) is 4.74 Å². The lowest BCUT2D eigenvalue weighted by molar-refractivity contribution is -0.113. The number of anilines is 1. The number of amides is 1. The lowest BCUT2D eigenvalue weighted by Crippen LogP contribution is -2.14. The molecule has 0 radical (unpaired) electrons. The van der Waals surface area contributed by atoms with Crippen LogP contribution in [0.3, 0.4) is 0 Å². The number of nitrogens with zero attached hydrogens (tertiary/aromatic N) is 5. The van der Waals surface area contributed by atoms with Gasteiger partial charge in [0.05, 0.1) is 23.9 Å². The highest BCUT2D eigenvalue weighted by molar-refractivity contribution is 7.99. The Kier molecular flexibility index (Phi) is 5.59. The number of carbonyl (C=O) groups excluding carboxylic acids is 2. The van der Waals surface area contributed by atoms with Crippen LogP contribution >= 0.6 is 34.4 Å². The fraction of sp³-hybridized carbons (Fsp3) is 0.400. The molecule has 12 heteroatoms. The smallest absolute Gasteiger partial charge is 0.350 e. The zero-order valence-corrected chi connectivity index (χ0v) is 20.1. The lowest BCUT2D eigenvalue weighted by atomic mass is 9.89. The van der Waals surface area contributed by atoms with Gasteiger partial charge >= 0.3 is 5.97 Å². The van der Waals surface area contributed by atoms with Crippen molar-refractivity contribution in [1.82, 2.24) is 24.6 Å². The third-order valence-corrected chi connectivity index (χ3v) is 8.58. The largest absolute Gasteiger partial charge is 0.465 e. The van der Waals surface area contributed by atoms with Crippen molar-refractivity contribution in [2.24, 2.45) is 5.92 Å². The second-order valence-electron chi connectivity index (χ2n) is 7.71. The normalized spacial score (nSPS) is 15.8. The number of carbonyl (C=O) groups is 2. The maximum Gasteiger partial charge on any atom is 0.350 e. The molecule has 0 bridgehead atoms. The number of aryl methyl sites for hydroxylation is 2. The summed E-state index contributed by atoms with van der Waals surface area (Å²) in [5.74, 6) is 0.116. The molecule has 4 heterocycles. The number of hydrogen-bond donors (Lipinski definition) is 1. The van der Waals surface area contributed by atoms with Crippen LogP contribution in [0, 0.1) is 12.8 Å². The van der Waals surface area contributed by atoms with Crippen LogP contribution in [0.1, 0.15) is 39.2 Å². The van der Waals surface area contributed by atoms with Gasteiger partial charge in [-0.05, 0) is 37.7 Å². The third-order valence-electron chi connectivity index (χ3n) is 5.42. The van der Waals surface area contributed by atoms with Gasteiger partial charge in [0.25, 0.3) is 0 Å². The average molecular weight is 489 g/mol. The first-order chi connectivity index (χ1) is 15.4. The quantitative estimate of drug-likeness (QED) is 0.334. The summed E-state index contributed by atoms with van der Waals surface area (Å²) in [4.78, 5) is 35.8. The van der Waals surface area contributed by atoms with E-state index in [1.807, 2.05) is 4.40 Å². The molecule has 1 aliphatic carbocycles. The van der Waals surface area contributed by atoms with Crippen molar-refractivity contribution in [3.63, 3.8) is 0 Å². The summed E-state index contributed by atoms with van der Waals surface area (Å²) in [5, 5.41) is 13.5. The van der Waals surface area contributed by atoms with E-state index in [-0.39, 0.29) is 11.7 Å². The summed E-state index contributed by atoms with van der Waals surface area (Å²) < 4.78 is 6.58. The van der Waals surface area contributed by atoms with Gasteiger partial charge in [0.2, 0.25) is 5.91 Å². The number of hydrogen-bond acceptors (Lipinski definition) is 10. The monoisotopic (exact) mass is 488 g/mol. The molecule has 4 aromatic heterocycles. The molecule has 1 atom stereocenters. The van der Waals surface area contributed by atoms with Crippen LogP contribution in [0.4, 0.5) is 5.13 Å². The number of esters is 1. The van der Waals surface area contributed by atoms with Crippen molar-refractivity contribution in [3.05, 3.63) is 27.3 Å². The molecule has 0 fully saturated rings. The highest BCUT2D eigenvalue weighted by atomic mass is 32.2. The first-order valence-corrected chi connectivity index (χ1v) is 12.7. The Morgan fingerprint density at radius 3 is 3.00 bits per heavy atom. The highest BCUT2D eigenvalue weighted by Gasteiger charge is 2.24. The zero-order valence-electron chi connectivity index (χ0n) is 17.7. The van der Waals surface area contributed by atoms with Crippen molar-refractivity contribution in [1.29, 1.82) is 0 Å². The Balaban J connectivity index is 1.33. The minimum atomic E-state index is -0.464. The highest BCUT2D eigenvalue weighted by Crippen LogP contribution is 2.39. The van der Waals surface area contributed by atoms with Crippen LogP contribution in [0.5, 0.6) is 0 Å². The van der Waals surface area contributed by atoms with E-state index in [1.54, 1.807) is 24.6 Å². The number of thioether (sulfide) groups is 1. The molecule has 1 amide bonds. The van der Waals surface area contributed by atoms with Crippen molar-refractivity contribution in [2.45, 2.75) is 38.3 Å². The van der Waals surface area contributed by atoms with Crippen LogP contribution in [-0.4, -0.2) is 49.3 Å². The van der Waals surface area contributed by atoms with E-state index in [1.165, 1.54) is 35.7 Å². The number of thiazole rings is 1. The van der Waals surface area contributed by atoms with Crippen molar-refractivity contribution in [2.75, 3.05) is 18.2 Å². The molecule has 5 rings (SSSR count). The molecule has 1 N–H and O–H groups in total. The third kappa shape index (κ3) is 3.76. The maximum atomic E-state index is 12.4. The van der Waals surface area contributed by atoms with Gasteiger partial charge in [-0.25, -0.2) is 14.8 Å². The number of ether oxygens (including phenoxy) is 1. The van der Waals surface area contributed by atoms with Crippen LogP contribution in [0.15, 0.2) is 11.5 Å². The molecule has 32 heavy (non-hydrogen) atoms. The van der Waals surface area contributed by atoms with E-state index in [0.717, 1.165) is 40.0 Å². The predicted molar refractivity (Wildman–Crippen MR) is 125 cm³/mol. The van der Waals surface area contributed by atoms with Gasteiger partial charge in [0.1, 0.15) is 16.0 Å². The molecular formula is C20H20N6O3S3. The van der Waals surface area contributed by atoms with Crippen LogP contribution < -0.4 is 5.32 Å². The Labute approximate surface area is 195 Å². The Morgan fingerprint density at radius 2 is 2.19 bits per heavy atom. The van der Waals surface area contributed by atoms with E-state index in [2.05, 4.69) is 32.4 Å². The van der Waals surface area contributed by atoms with Crippen LogP contribution in [0.2, 0.25) is 0 Å². The van der Waals surface area contributed by atoms with E-state index in [0.29, 0.717) is 26.8 Å². The van der Waals surface area contributed by atoms with Gasteiger partial charge in [0, 0.05) is 4.88 Å². The standard InChI is InChI=1S/C20H20N6O3S3/c1-9-4-5-11-12(6-9)31-17-14(11)16-24-25-20(26(16)8-21-17)30-7-13(27)23-19-22-10(2)15(32-19)18(28)29-3/h8-9H,4-7H2,1-3H3,(H,22,23,27). The molecule has 0 saturated heterocycles. The summed E-state index contributed by atoms with van der Waals surface area (Å²) >= 11 is 4.13. The second-order valence-corrected chi connectivity index (χ2v) is 10.7. The van der Waals surface area contributed by atoms with Crippen LogP contribution in [-0.2, 0) is 22.4 Å². The van der Waals surface area contributed by atoms with E-state index >= 15 is 0 Å². The second kappa shape index (κ2) is 8.41. The number of fused-ring (bicyclic) bond motifs is 5. The van der Waals surface area contributed by atoms with Gasteiger partial charge in [-0.2, -0.15) is 0 Å². The van der Waals surface area contributed by atoms with Gasteiger partial charge in [-0.3, -0.25) is 9.20 Å². The summed E-state index contributed by atoms with van der Waals surface area (Å²) in [7, 11) is 1.31. The maximum absolute atomic E-state index is 12.4. The van der Waals surface area contributed by atoms with Crippen molar-refractivity contribution in [3.8, 4) is 0 Å². The molecule has 0 aliphatic heterocycles. The molecule has 0 saturated carbocycles. The first kappa shape index (κ1) is 21.3. The summed E-state index contributed by atoms with van der Waals surface area (Å²) in [6, 6.07) is 0. The minimum Gasteiger partial charge on any atom is -0.465 e. The minimum absolute atomic E-state index is 0.129. The van der Waals surface area contributed by atoms with Crippen molar-refractivity contribution >= 4 is 67.3 Å². The Bertz CT molecular complexity index is 1360. The van der Waals surface area contributed by atoms with E-state index < -0.39 is 5.97 Å². The molecule has 9 nitrogen and oxygen atoms in total. The van der Waals surface area contributed by atoms with Gasteiger partial charge in [-0.1, -0.05) is 30.0 Å². The fourth-order valence-corrected chi connectivity index (χ4v) is 6.78. The van der Waals surface area contributed by atoms with Crippen molar-refractivity contribution < 1.29 is 14.3 Å². The molecule has 1 aliphatic rings. The number of thiophene rings is 1. The first-order valence-electron chi connectivity index (χ1n) is 10.1.